The van der Waals surface area contributed by atoms with Crippen molar-refractivity contribution in [1.82, 2.24) is 10.3 Å². The fourth-order valence-electron chi connectivity index (χ4n) is 3.65. The Morgan fingerprint density at radius 1 is 1.10 bits per heavy atom. The Hall–Kier alpha value is -0.890. The maximum atomic E-state index is 4.12. The van der Waals surface area contributed by atoms with Crippen molar-refractivity contribution in [3.05, 3.63) is 30.1 Å². The number of hydrogen-bond donors (Lipinski definition) is 1. The molecule has 1 fully saturated rings. The van der Waals surface area contributed by atoms with E-state index < -0.39 is 0 Å². The molecule has 1 N–H and O–H groups in total. The first-order chi connectivity index (χ1) is 9.70. The smallest absolute Gasteiger partial charge is 0.0270 e. The van der Waals surface area contributed by atoms with Crippen LogP contribution in [0.4, 0.5) is 0 Å². The minimum atomic E-state index is 0.635. The molecule has 1 atom stereocenters. The molecule has 20 heavy (non-hydrogen) atoms. The average Bonchev–Trinajstić information content (AvgIpc) is 2.48. The second kappa shape index (κ2) is 7.78. The number of aromatic nitrogens is 1. The van der Waals surface area contributed by atoms with Gasteiger partial charge in [-0.2, -0.15) is 0 Å². The molecule has 2 rings (SSSR count). The van der Waals surface area contributed by atoms with Crippen LogP contribution >= 0.6 is 0 Å². The monoisotopic (exact) mass is 274 g/mol. The van der Waals surface area contributed by atoms with E-state index in [0.717, 1.165) is 30.7 Å². The number of hydrogen-bond acceptors (Lipinski definition) is 2. The van der Waals surface area contributed by atoms with Crippen molar-refractivity contribution in [1.29, 1.82) is 0 Å². The zero-order chi connectivity index (χ0) is 14.4. The van der Waals surface area contributed by atoms with E-state index in [2.05, 4.69) is 43.2 Å². The van der Waals surface area contributed by atoms with Gasteiger partial charge in [-0.1, -0.05) is 20.8 Å². The first-order valence-electron chi connectivity index (χ1n) is 8.33. The Labute approximate surface area is 124 Å². The molecule has 1 heterocycles. The van der Waals surface area contributed by atoms with Gasteiger partial charge in [0.25, 0.3) is 0 Å². The third-order valence-electron chi connectivity index (χ3n) is 5.00. The summed E-state index contributed by atoms with van der Waals surface area (Å²) in [5, 5.41) is 3.72. The summed E-state index contributed by atoms with van der Waals surface area (Å²) < 4.78 is 0. The number of pyridine rings is 1. The van der Waals surface area contributed by atoms with Crippen molar-refractivity contribution in [3.63, 3.8) is 0 Å². The lowest BCUT2D eigenvalue weighted by Crippen LogP contribution is -2.40. The highest BCUT2D eigenvalue weighted by Crippen LogP contribution is 2.35. The van der Waals surface area contributed by atoms with Crippen molar-refractivity contribution in [2.24, 2.45) is 17.8 Å². The van der Waals surface area contributed by atoms with Crippen molar-refractivity contribution >= 4 is 0 Å². The van der Waals surface area contributed by atoms with Gasteiger partial charge in [0.15, 0.2) is 0 Å². The molecule has 0 amide bonds. The summed E-state index contributed by atoms with van der Waals surface area (Å²) in [4.78, 5) is 4.12. The van der Waals surface area contributed by atoms with Crippen molar-refractivity contribution in [3.8, 4) is 0 Å². The highest BCUT2D eigenvalue weighted by atomic mass is 14.9. The molecule has 1 aromatic heterocycles. The summed E-state index contributed by atoms with van der Waals surface area (Å²) in [5.41, 5.74) is 1.41. The Morgan fingerprint density at radius 2 is 1.70 bits per heavy atom. The van der Waals surface area contributed by atoms with E-state index in [9.17, 15) is 0 Å². The molecule has 1 aliphatic rings. The zero-order valence-corrected chi connectivity index (χ0v) is 13.3. The Bertz CT molecular complexity index is 366. The van der Waals surface area contributed by atoms with Crippen LogP contribution in [0.15, 0.2) is 24.5 Å². The van der Waals surface area contributed by atoms with Crippen molar-refractivity contribution in [2.75, 3.05) is 6.54 Å². The number of nitrogens with one attached hydrogen (secondary N) is 1. The molecule has 1 aromatic rings. The molecule has 1 aliphatic carbocycles. The second-order valence-corrected chi connectivity index (χ2v) is 6.64. The molecule has 2 heteroatoms. The van der Waals surface area contributed by atoms with Crippen LogP contribution in [-0.4, -0.2) is 17.6 Å². The molecule has 112 valence electrons. The van der Waals surface area contributed by atoms with Crippen LogP contribution in [0, 0.1) is 17.8 Å². The fraction of sp³-hybridized carbons (Fsp3) is 0.722. The summed E-state index contributed by atoms with van der Waals surface area (Å²) in [5.74, 6) is 2.65. The summed E-state index contributed by atoms with van der Waals surface area (Å²) in [6.45, 7) is 8.05. The normalized spacial score (nSPS) is 24.8. The van der Waals surface area contributed by atoms with E-state index in [1.54, 1.807) is 0 Å². The molecular formula is C18H30N2. The lowest BCUT2D eigenvalue weighted by Gasteiger charge is -2.36. The Balaban J connectivity index is 1.92. The van der Waals surface area contributed by atoms with E-state index in [0.29, 0.717) is 6.04 Å². The molecule has 0 spiro atoms. The molecule has 0 bridgehead atoms. The number of nitrogens with zero attached hydrogens (tertiary/aromatic N) is 1. The standard InChI is InChI=1S/C18H30N2/c1-4-20-18(13-15-9-11-19-12-10-15)17-7-5-16(6-8-17)14(2)3/h9-12,14,16-18,20H,4-8,13H2,1-3H3. The van der Waals surface area contributed by atoms with E-state index in [-0.39, 0.29) is 0 Å². The van der Waals surface area contributed by atoms with Crippen molar-refractivity contribution in [2.45, 2.75) is 58.9 Å². The van der Waals surface area contributed by atoms with Crippen LogP contribution in [0.2, 0.25) is 0 Å². The van der Waals surface area contributed by atoms with Gasteiger partial charge >= 0.3 is 0 Å². The number of likely N-dealkylation sites (N-methyl/N-ethyl adjacent to an activating group) is 1. The third-order valence-corrected chi connectivity index (χ3v) is 5.00. The number of rotatable bonds is 6. The van der Waals surface area contributed by atoms with Gasteiger partial charge in [0, 0.05) is 18.4 Å². The van der Waals surface area contributed by atoms with E-state index in [1.165, 1.54) is 31.2 Å². The maximum absolute atomic E-state index is 4.12. The van der Waals surface area contributed by atoms with Crippen LogP contribution in [-0.2, 0) is 6.42 Å². The average molecular weight is 274 g/mol. The Kier molecular flexibility index (Phi) is 6.03. The van der Waals surface area contributed by atoms with Gasteiger partial charge in [-0.25, -0.2) is 0 Å². The van der Waals surface area contributed by atoms with E-state index in [4.69, 9.17) is 0 Å². The first-order valence-corrected chi connectivity index (χ1v) is 8.33. The second-order valence-electron chi connectivity index (χ2n) is 6.64. The van der Waals surface area contributed by atoms with Crippen LogP contribution in [0.25, 0.3) is 0 Å². The molecule has 1 saturated carbocycles. The van der Waals surface area contributed by atoms with Gasteiger partial charge in [-0.3, -0.25) is 4.98 Å². The van der Waals surface area contributed by atoms with E-state index in [1.807, 2.05) is 12.4 Å². The quantitative estimate of drug-likeness (QED) is 0.846. The van der Waals surface area contributed by atoms with Gasteiger partial charge in [0.05, 0.1) is 0 Å². The maximum Gasteiger partial charge on any atom is 0.0270 e. The largest absolute Gasteiger partial charge is 0.314 e. The van der Waals surface area contributed by atoms with Gasteiger partial charge in [0.1, 0.15) is 0 Å². The minimum Gasteiger partial charge on any atom is -0.314 e. The SMILES string of the molecule is CCNC(Cc1ccncc1)C1CCC(C(C)C)CC1. The summed E-state index contributed by atoms with van der Waals surface area (Å²) in [6.07, 6.45) is 10.6. The molecule has 0 aromatic carbocycles. The van der Waals surface area contributed by atoms with Gasteiger partial charge < -0.3 is 5.32 Å². The van der Waals surface area contributed by atoms with Crippen LogP contribution in [0.3, 0.4) is 0 Å². The van der Waals surface area contributed by atoms with Gasteiger partial charge in [-0.05, 0) is 74.1 Å². The molecule has 0 saturated heterocycles. The topological polar surface area (TPSA) is 24.9 Å². The summed E-state index contributed by atoms with van der Waals surface area (Å²) in [6, 6.07) is 4.95. The highest BCUT2D eigenvalue weighted by molar-refractivity contribution is 5.12. The van der Waals surface area contributed by atoms with E-state index >= 15 is 0 Å². The molecular weight excluding hydrogens is 244 g/mol. The molecule has 2 nitrogen and oxygen atoms in total. The Morgan fingerprint density at radius 3 is 2.25 bits per heavy atom. The predicted molar refractivity (Wildman–Crippen MR) is 85.7 cm³/mol. The molecule has 1 unspecified atom stereocenters. The molecule has 0 radical (unpaired) electrons. The van der Waals surface area contributed by atoms with Crippen LogP contribution < -0.4 is 5.32 Å². The van der Waals surface area contributed by atoms with Crippen LogP contribution in [0.1, 0.15) is 52.0 Å². The predicted octanol–water partition coefficient (Wildman–Crippen LogP) is 4.06. The van der Waals surface area contributed by atoms with Crippen LogP contribution in [0.5, 0.6) is 0 Å². The zero-order valence-electron chi connectivity index (χ0n) is 13.3. The third kappa shape index (κ3) is 4.31. The van der Waals surface area contributed by atoms with Gasteiger partial charge in [-0.15, -0.1) is 0 Å². The van der Waals surface area contributed by atoms with Crippen molar-refractivity contribution < 1.29 is 0 Å². The highest BCUT2D eigenvalue weighted by Gasteiger charge is 2.28. The summed E-state index contributed by atoms with van der Waals surface area (Å²) >= 11 is 0. The summed E-state index contributed by atoms with van der Waals surface area (Å²) in [7, 11) is 0. The minimum absolute atomic E-state index is 0.635. The molecule has 0 aliphatic heterocycles. The lowest BCUT2D eigenvalue weighted by atomic mass is 9.73. The fourth-order valence-corrected chi connectivity index (χ4v) is 3.65. The van der Waals surface area contributed by atoms with Gasteiger partial charge in [0.2, 0.25) is 0 Å². The first kappa shape index (κ1) is 15.5. The lowest BCUT2D eigenvalue weighted by molar-refractivity contribution is 0.188.